The maximum absolute atomic E-state index is 13.3. The molecular weight excluding hydrogens is 993 g/mol. The smallest absolute Gasteiger partial charge is 0.352 e. The van der Waals surface area contributed by atoms with E-state index in [1.165, 1.54) is 38.1 Å². The van der Waals surface area contributed by atoms with Crippen LogP contribution >= 0.6 is 0 Å². The number of amides is 1. The van der Waals surface area contributed by atoms with Crippen LogP contribution in [0.4, 0.5) is 0 Å². The molecule has 0 aliphatic carbocycles. The Morgan fingerprint density at radius 1 is 0.459 bits per heavy atom. The van der Waals surface area contributed by atoms with Crippen LogP contribution in [0, 0.1) is 30.3 Å². The predicted octanol–water partition coefficient (Wildman–Crippen LogP) is 4.69. The van der Waals surface area contributed by atoms with Gasteiger partial charge in [-0.3, -0.25) is 24.0 Å². The Hall–Kier alpha value is -7.42. The normalized spacial score (nSPS) is 12.3. The topological polar surface area (TPSA) is 370 Å². The number of hydrogen-bond acceptors (Lipinski definition) is 24. The van der Waals surface area contributed by atoms with Gasteiger partial charge in [0.15, 0.2) is 12.2 Å². The van der Waals surface area contributed by atoms with Crippen LogP contribution in [0.15, 0.2) is 24.3 Å². The van der Waals surface area contributed by atoms with Crippen LogP contribution in [0.1, 0.15) is 142 Å². The van der Waals surface area contributed by atoms with Crippen molar-refractivity contribution in [3.63, 3.8) is 0 Å². The van der Waals surface area contributed by atoms with E-state index in [-0.39, 0.29) is 89.4 Å². The molecule has 1 amide bonds. The van der Waals surface area contributed by atoms with Crippen LogP contribution in [-0.4, -0.2) is 127 Å². The van der Waals surface area contributed by atoms with Crippen molar-refractivity contribution in [2.75, 3.05) is 39.6 Å². The molecule has 4 atom stereocenters. The second kappa shape index (κ2) is 39.2. The lowest BCUT2D eigenvalue weighted by Crippen LogP contribution is -2.45. The van der Waals surface area contributed by atoms with Crippen molar-refractivity contribution in [2.24, 2.45) is 0 Å². The second-order valence-electron chi connectivity index (χ2n) is 16.4. The molecular formula is C46H68N4O24. The molecule has 28 heteroatoms. The number of rotatable bonds is 43. The van der Waals surface area contributed by atoms with Crippen molar-refractivity contribution < 1.29 is 101 Å². The van der Waals surface area contributed by atoms with Gasteiger partial charge in [-0.1, -0.05) is 18.6 Å². The Bertz CT molecular complexity index is 1930. The molecule has 0 saturated carbocycles. The highest BCUT2D eigenvalue weighted by Crippen LogP contribution is 2.17. The van der Waals surface area contributed by atoms with Crippen molar-refractivity contribution in [3.05, 3.63) is 60.2 Å². The fourth-order valence-electron chi connectivity index (χ4n) is 6.14. The fourth-order valence-corrected chi connectivity index (χ4v) is 6.14. The lowest BCUT2D eigenvalue weighted by molar-refractivity contribution is -0.764. The number of carbonyl (C=O) groups excluding carboxylic acids is 8. The largest absolute Gasteiger partial charge is 0.466 e. The molecule has 416 valence electrons. The molecule has 0 aliphatic rings. The zero-order valence-electron chi connectivity index (χ0n) is 41.9. The molecule has 0 aromatic heterocycles. The van der Waals surface area contributed by atoms with Crippen molar-refractivity contribution in [1.82, 2.24) is 5.32 Å². The Morgan fingerprint density at radius 3 is 1.34 bits per heavy atom. The summed E-state index contributed by atoms with van der Waals surface area (Å²) in [5.74, 6) is -5.68. The summed E-state index contributed by atoms with van der Waals surface area (Å²) in [7, 11) is 0. The molecule has 1 aromatic rings. The fraction of sp³-hybridized carbons (Fsp3) is 0.696. The maximum Gasteiger partial charge on any atom is 0.352 e. The van der Waals surface area contributed by atoms with E-state index >= 15 is 0 Å². The highest BCUT2D eigenvalue weighted by molar-refractivity contribution is 5.86. The van der Waals surface area contributed by atoms with Gasteiger partial charge in [0.2, 0.25) is 12.0 Å². The number of nitrogens with one attached hydrogen (secondary N) is 1. The summed E-state index contributed by atoms with van der Waals surface area (Å²) in [5, 5.41) is 30.5. The monoisotopic (exact) mass is 1060 g/mol. The van der Waals surface area contributed by atoms with Gasteiger partial charge in [-0.25, -0.2) is 19.2 Å². The first kappa shape index (κ1) is 64.6. The summed E-state index contributed by atoms with van der Waals surface area (Å²) >= 11 is 0. The average molecular weight is 1060 g/mol. The van der Waals surface area contributed by atoms with Crippen LogP contribution in [-0.2, 0) is 87.7 Å². The third kappa shape index (κ3) is 34.0. The zero-order valence-corrected chi connectivity index (χ0v) is 41.9. The summed E-state index contributed by atoms with van der Waals surface area (Å²) in [6.45, 7) is 3.87. The van der Waals surface area contributed by atoms with Crippen molar-refractivity contribution >= 4 is 47.7 Å². The first-order valence-electron chi connectivity index (χ1n) is 24.3. The molecule has 1 rings (SSSR count). The van der Waals surface area contributed by atoms with E-state index in [4.69, 9.17) is 33.2 Å². The molecule has 28 nitrogen and oxygen atoms in total. The number of benzene rings is 1. The van der Waals surface area contributed by atoms with Gasteiger partial charge in [0.25, 0.3) is 15.3 Å². The number of ether oxygens (including phenoxy) is 7. The molecule has 74 heavy (non-hydrogen) atoms. The van der Waals surface area contributed by atoms with Gasteiger partial charge in [-0.2, -0.15) is 0 Å². The quantitative estimate of drug-likeness (QED) is 0.0231. The van der Waals surface area contributed by atoms with E-state index in [9.17, 15) is 68.7 Å². The molecule has 0 fully saturated rings. The standard InChI is InChI=1S/C46H68N4O24/c1-33(43(55)68-29-14-7-11-21-41(53)66-27-12-5-9-19-40(52)65-26-13-6-10-20-42(54)67-28-16-17-31-70-49(61)62)72-46(58)38(47-39(51)18-8-4-15-30-69-48(59)60)32-36-22-24-37(25-23-36)73-44(56)34(2)71-45(57)35(3)74-50(63)64/h22-25,33-35,38H,4-21,26-32H2,1-3H3,(H,47,51). The Kier molecular flexibility index (Phi) is 34.2. The molecule has 0 radical (unpaired) electrons. The highest BCUT2D eigenvalue weighted by atomic mass is 17.0. The molecule has 1 N–H and O–H groups in total. The first-order valence-corrected chi connectivity index (χ1v) is 24.3. The average Bonchev–Trinajstić information content (AvgIpc) is 3.34. The Morgan fingerprint density at radius 2 is 0.865 bits per heavy atom. The van der Waals surface area contributed by atoms with E-state index in [0.717, 1.165) is 6.92 Å². The van der Waals surface area contributed by atoms with E-state index in [1.54, 1.807) is 0 Å². The predicted molar refractivity (Wildman–Crippen MR) is 249 cm³/mol. The van der Waals surface area contributed by atoms with Crippen LogP contribution in [0.3, 0.4) is 0 Å². The zero-order chi connectivity index (χ0) is 55.1. The van der Waals surface area contributed by atoms with Gasteiger partial charge in [0.1, 0.15) is 11.8 Å². The van der Waals surface area contributed by atoms with Gasteiger partial charge in [0.05, 0.1) is 39.6 Å². The number of hydrogen-bond donors (Lipinski definition) is 1. The number of esters is 7. The minimum atomic E-state index is -1.60. The summed E-state index contributed by atoms with van der Waals surface area (Å²) < 4.78 is 36.2. The molecule has 0 spiro atoms. The van der Waals surface area contributed by atoms with Gasteiger partial charge >= 0.3 is 41.8 Å². The number of unbranched alkanes of at least 4 members (excludes halogenated alkanes) is 9. The van der Waals surface area contributed by atoms with Gasteiger partial charge < -0.3 is 48.2 Å². The first-order chi connectivity index (χ1) is 35.3. The summed E-state index contributed by atoms with van der Waals surface area (Å²) in [4.78, 5) is 143. The Balaban J connectivity index is 2.41. The van der Waals surface area contributed by atoms with E-state index < -0.39 is 75.4 Å². The van der Waals surface area contributed by atoms with Crippen molar-refractivity contribution in [1.29, 1.82) is 0 Å². The van der Waals surface area contributed by atoms with E-state index in [2.05, 4.69) is 19.8 Å². The number of carbonyl (C=O) groups is 8. The van der Waals surface area contributed by atoms with Crippen molar-refractivity contribution in [2.45, 2.75) is 167 Å². The summed E-state index contributed by atoms with van der Waals surface area (Å²) in [6.07, 6.45) is 2.75. The van der Waals surface area contributed by atoms with Crippen LogP contribution in [0.25, 0.3) is 0 Å². The van der Waals surface area contributed by atoms with Crippen LogP contribution < -0.4 is 10.1 Å². The molecule has 0 aliphatic heterocycles. The molecule has 4 unspecified atom stereocenters. The summed E-state index contributed by atoms with van der Waals surface area (Å²) in [5.41, 5.74) is 0.446. The minimum Gasteiger partial charge on any atom is -0.466 e. The van der Waals surface area contributed by atoms with Gasteiger partial charge in [-0.05, 0) is 122 Å². The SMILES string of the molecule is CC(OC(=O)C(Cc1ccc(OC(=O)C(C)OC(=O)C(C)O[N+](=O)[O-])cc1)NC(=O)CCCCCO[N+](=O)[O-])C(=O)OCCCCCC(=O)OCCCCCC(=O)OCCCCCC(=O)OCCCCO[N+](=O)[O-]. The lowest BCUT2D eigenvalue weighted by atomic mass is 10.0. The van der Waals surface area contributed by atoms with Crippen molar-refractivity contribution in [3.8, 4) is 5.75 Å². The van der Waals surface area contributed by atoms with Crippen LogP contribution in [0.2, 0.25) is 0 Å². The van der Waals surface area contributed by atoms with Crippen LogP contribution in [0.5, 0.6) is 5.75 Å². The third-order valence-corrected chi connectivity index (χ3v) is 10.1. The van der Waals surface area contributed by atoms with E-state index in [0.29, 0.717) is 95.5 Å². The molecule has 0 saturated heterocycles. The summed E-state index contributed by atoms with van der Waals surface area (Å²) in [6, 6.07) is 4.32. The van der Waals surface area contributed by atoms with E-state index in [1.807, 2.05) is 0 Å². The lowest BCUT2D eigenvalue weighted by Gasteiger charge is -2.20. The maximum atomic E-state index is 13.3. The molecule has 1 aromatic carbocycles. The Labute approximate surface area is 426 Å². The number of nitrogens with zero attached hydrogens (tertiary/aromatic N) is 3. The minimum absolute atomic E-state index is 0.00209. The molecule has 0 bridgehead atoms. The van der Waals surface area contributed by atoms with Gasteiger partial charge in [-0.15, -0.1) is 30.3 Å². The highest BCUT2D eigenvalue weighted by Gasteiger charge is 2.29. The van der Waals surface area contributed by atoms with Gasteiger partial charge in [0, 0.05) is 32.1 Å². The second-order valence-corrected chi connectivity index (χ2v) is 16.4. The third-order valence-electron chi connectivity index (χ3n) is 10.1. The molecule has 0 heterocycles.